The molecule has 3 heterocycles. The highest BCUT2D eigenvalue weighted by Crippen LogP contribution is 2.40. The lowest BCUT2D eigenvalue weighted by atomic mass is 9.73. The summed E-state index contributed by atoms with van der Waals surface area (Å²) in [4.78, 5) is 4.06. The van der Waals surface area contributed by atoms with E-state index in [1.165, 1.54) is 17.7 Å². The highest BCUT2D eigenvalue weighted by atomic mass is 32.1. The molecule has 0 radical (unpaired) electrons. The standard InChI is InChI=1S/C16H25NO2S/c1-2-18-13-16-7-4-9-19-15(16)6-8-17(12-16)11-14-5-3-10-20-14/h3,5,10,15H,2,4,6-9,11-13H2,1H3/t15-,16-/m1/s1. The summed E-state index contributed by atoms with van der Waals surface area (Å²) in [6, 6.07) is 4.38. The molecule has 20 heavy (non-hydrogen) atoms. The first-order valence-corrected chi connectivity index (χ1v) is 8.64. The molecule has 2 fully saturated rings. The maximum atomic E-state index is 6.06. The maximum absolute atomic E-state index is 6.06. The Kier molecular flexibility index (Phi) is 4.76. The van der Waals surface area contributed by atoms with Crippen LogP contribution in [0.4, 0.5) is 0 Å². The van der Waals surface area contributed by atoms with E-state index in [9.17, 15) is 0 Å². The maximum Gasteiger partial charge on any atom is 0.0677 e. The Bertz CT molecular complexity index is 409. The molecule has 2 aliphatic heterocycles. The first kappa shape index (κ1) is 14.5. The molecule has 1 aromatic rings. The lowest BCUT2D eigenvalue weighted by Crippen LogP contribution is -2.56. The molecule has 2 aliphatic rings. The van der Waals surface area contributed by atoms with E-state index >= 15 is 0 Å². The average Bonchev–Trinajstić information content (AvgIpc) is 2.98. The molecule has 0 spiro atoms. The van der Waals surface area contributed by atoms with Crippen molar-refractivity contribution in [2.24, 2.45) is 5.41 Å². The van der Waals surface area contributed by atoms with E-state index in [1.807, 2.05) is 11.3 Å². The van der Waals surface area contributed by atoms with Crippen molar-refractivity contribution in [3.8, 4) is 0 Å². The summed E-state index contributed by atoms with van der Waals surface area (Å²) >= 11 is 1.86. The van der Waals surface area contributed by atoms with Gasteiger partial charge in [-0.3, -0.25) is 4.90 Å². The lowest BCUT2D eigenvalue weighted by molar-refractivity contribution is -0.153. The van der Waals surface area contributed by atoms with Gasteiger partial charge in [-0.2, -0.15) is 0 Å². The number of hydrogen-bond acceptors (Lipinski definition) is 4. The van der Waals surface area contributed by atoms with E-state index < -0.39 is 0 Å². The molecule has 4 heteroatoms. The van der Waals surface area contributed by atoms with Crippen molar-refractivity contribution in [2.75, 3.05) is 32.9 Å². The van der Waals surface area contributed by atoms with E-state index in [0.717, 1.165) is 45.9 Å². The number of hydrogen-bond donors (Lipinski definition) is 0. The van der Waals surface area contributed by atoms with Gasteiger partial charge in [-0.15, -0.1) is 11.3 Å². The monoisotopic (exact) mass is 295 g/mol. The normalized spacial score (nSPS) is 31.1. The molecule has 0 aliphatic carbocycles. The van der Waals surface area contributed by atoms with Gasteiger partial charge in [-0.25, -0.2) is 0 Å². The second-order valence-corrected chi connectivity index (χ2v) is 7.07. The molecular weight excluding hydrogens is 270 g/mol. The Morgan fingerprint density at radius 2 is 2.50 bits per heavy atom. The Labute approximate surface area is 125 Å². The summed E-state index contributed by atoms with van der Waals surface area (Å²) in [7, 11) is 0. The zero-order chi connectivity index (χ0) is 13.8. The van der Waals surface area contributed by atoms with Crippen molar-refractivity contribution in [1.82, 2.24) is 4.90 Å². The zero-order valence-electron chi connectivity index (χ0n) is 12.3. The average molecular weight is 295 g/mol. The number of rotatable bonds is 5. The van der Waals surface area contributed by atoms with Crippen LogP contribution in [-0.4, -0.2) is 43.9 Å². The van der Waals surface area contributed by atoms with Crippen LogP contribution in [0.3, 0.4) is 0 Å². The van der Waals surface area contributed by atoms with Crippen molar-refractivity contribution < 1.29 is 9.47 Å². The molecule has 0 N–H and O–H groups in total. The van der Waals surface area contributed by atoms with Crippen LogP contribution >= 0.6 is 11.3 Å². The Morgan fingerprint density at radius 3 is 3.30 bits per heavy atom. The topological polar surface area (TPSA) is 21.7 Å². The Morgan fingerprint density at radius 1 is 1.55 bits per heavy atom. The summed E-state index contributed by atoms with van der Waals surface area (Å²) in [6.07, 6.45) is 3.98. The molecule has 1 aromatic heterocycles. The second-order valence-electron chi connectivity index (χ2n) is 6.04. The SMILES string of the molecule is CCOC[C@]12CCCO[C@@H]1CCN(Cc1cccs1)C2. The quantitative estimate of drug-likeness (QED) is 0.833. The van der Waals surface area contributed by atoms with E-state index in [0.29, 0.717) is 6.10 Å². The fourth-order valence-corrected chi connectivity index (χ4v) is 4.40. The molecule has 2 atom stereocenters. The summed E-state index contributed by atoms with van der Waals surface area (Å²) < 4.78 is 11.9. The first-order chi connectivity index (χ1) is 9.82. The summed E-state index contributed by atoms with van der Waals surface area (Å²) in [5.41, 5.74) is 0.226. The van der Waals surface area contributed by atoms with Gasteiger partial charge in [0.05, 0.1) is 12.7 Å². The minimum Gasteiger partial charge on any atom is -0.381 e. The zero-order valence-corrected chi connectivity index (χ0v) is 13.2. The fourth-order valence-electron chi connectivity index (χ4n) is 3.66. The van der Waals surface area contributed by atoms with Gasteiger partial charge in [0.1, 0.15) is 0 Å². The van der Waals surface area contributed by atoms with Crippen LogP contribution in [0.2, 0.25) is 0 Å². The minimum absolute atomic E-state index is 0.226. The van der Waals surface area contributed by atoms with Crippen LogP contribution in [0.5, 0.6) is 0 Å². The number of nitrogens with zero attached hydrogens (tertiary/aromatic N) is 1. The van der Waals surface area contributed by atoms with Gasteiger partial charge in [0, 0.05) is 43.1 Å². The largest absolute Gasteiger partial charge is 0.381 e. The summed E-state index contributed by atoms with van der Waals surface area (Å²) in [5.74, 6) is 0. The van der Waals surface area contributed by atoms with Crippen molar-refractivity contribution in [3.05, 3.63) is 22.4 Å². The molecule has 3 nitrogen and oxygen atoms in total. The van der Waals surface area contributed by atoms with Crippen LogP contribution in [0.25, 0.3) is 0 Å². The predicted molar refractivity (Wildman–Crippen MR) is 82.1 cm³/mol. The molecule has 0 amide bonds. The molecule has 0 bridgehead atoms. The van der Waals surface area contributed by atoms with Crippen LogP contribution < -0.4 is 0 Å². The number of ether oxygens (including phenoxy) is 2. The molecule has 3 rings (SSSR count). The minimum atomic E-state index is 0.226. The van der Waals surface area contributed by atoms with Crippen LogP contribution in [0.15, 0.2) is 17.5 Å². The van der Waals surface area contributed by atoms with Crippen LogP contribution in [-0.2, 0) is 16.0 Å². The van der Waals surface area contributed by atoms with E-state index in [2.05, 4.69) is 29.3 Å². The van der Waals surface area contributed by atoms with Gasteiger partial charge in [0.25, 0.3) is 0 Å². The fraction of sp³-hybridized carbons (Fsp3) is 0.750. The summed E-state index contributed by atoms with van der Waals surface area (Å²) in [5, 5.41) is 2.17. The van der Waals surface area contributed by atoms with Crippen LogP contribution in [0, 0.1) is 5.41 Å². The predicted octanol–water partition coefficient (Wildman–Crippen LogP) is 3.16. The third-order valence-corrected chi connectivity index (χ3v) is 5.48. The third kappa shape index (κ3) is 3.08. The molecule has 0 unspecified atom stereocenters. The molecule has 2 saturated heterocycles. The highest BCUT2D eigenvalue weighted by molar-refractivity contribution is 7.09. The molecular formula is C16H25NO2S. The molecule has 0 saturated carbocycles. The van der Waals surface area contributed by atoms with Crippen molar-refractivity contribution in [1.29, 1.82) is 0 Å². The van der Waals surface area contributed by atoms with Gasteiger partial charge < -0.3 is 9.47 Å². The van der Waals surface area contributed by atoms with Gasteiger partial charge in [0.2, 0.25) is 0 Å². The van der Waals surface area contributed by atoms with E-state index in [-0.39, 0.29) is 5.41 Å². The van der Waals surface area contributed by atoms with Crippen molar-refractivity contribution in [3.63, 3.8) is 0 Å². The smallest absolute Gasteiger partial charge is 0.0677 e. The lowest BCUT2D eigenvalue weighted by Gasteiger charge is -2.50. The number of piperidine rings is 1. The molecule has 112 valence electrons. The summed E-state index contributed by atoms with van der Waals surface area (Å²) in [6.45, 7) is 8.03. The van der Waals surface area contributed by atoms with E-state index in [4.69, 9.17) is 9.47 Å². The Balaban J connectivity index is 1.68. The first-order valence-electron chi connectivity index (χ1n) is 7.76. The number of thiophene rings is 1. The van der Waals surface area contributed by atoms with Crippen molar-refractivity contribution in [2.45, 2.75) is 38.8 Å². The van der Waals surface area contributed by atoms with Gasteiger partial charge >= 0.3 is 0 Å². The highest BCUT2D eigenvalue weighted by Gasteiger charge is 2.45. The number of fused-ring (bicyclic) bond motifs is 1. The van der Waals surface area contributed by atoms with Gasteiger partial charge in [-0.05, 0) is 37.6 Å². The second kappa shape index (κ2) is 6.56. The van der Waals surface area contributed by atoms with Crippen molar-refractivity contribution >= 4 is 11.3 Å². The van der Waals surface area contributed by atoms with Gasteiger partial charge in [0.15, 0.2) is 0 Å². The third-order valence-electron chi connectivity index (χ3n) is 4.62. The van der Waals surface area contributed by atoms with E-state index in [1.54, 1.807) is 0 Å². The Hall–Kier alpha value is -0.420. The van der Waals surface area contributed by atoms with Crippen LogP contribution in [0.1, 0.15) is 31.1 Å². The molecule has 0 aromatic carbocycles. The number of likely N-dealkylation sites (tertiary alicyclic amines) is 1. The van der Waals surface area contributed by atoms with Gasteiger partial charge in [-0.1, -0.05) is 6.07 Å².